The van der Waals surface area contributed by atoms with Crippen LogP contribution in [0.5, 0.6) is 0 Å². The summed E-state index contributed by atoms with van der Waals surface area (Å²) in [5, 5.41) is 11.5. The second-order valence-corrected chi connectivity index (χ2v) is 3.48. The first kappa shape index (κ1) is 12.2. The number of nitrogens with one attached hydrogen (secondary N) is 1. The largest absolute Gasteiger partial charge is 0.394 e. The number of aromatic nitrogens is 2. The number of hydrogen-bond acceptors (Lipinski definition) is 6. The molecule has 0 fully saturated rings. The lowest BCUT2D eigenvalue weighted by Crippen LogP contribution is -2.13. The molecule has 0 spiro atoms. The summed E-state index contributed by atoms with van der Waals surface area (Å²) in [4.78, 5) is 7.82. The van der Waals surface area contributed by atoms with Crippen LogP contribution in [0.15, 0.2) is 10.8 Å². The minimum absolute atomic E-state index is 0.0319. The van der Waals surface area contributed by atoms with Crippen LogP contribution in [0.3, 0.4) is 0 Å². The molecule has 4 N–H and O–H groups in total. The summed E-state index contributed by atoms with van der Waals surface area (Å²) in [5.74, 6) is 1.03. The van der Waals surface area contributed by atoms with Gasteiger partial charge in [0.25, 0.3) is 0 Å². The highest BCUT2D eigenvalue weighted by atomic mass is 79.9. The van der Waals surface area contributed by atoms with Gasteiger partial charge < -0.3 is 20.9 Å². The summed E-state index contributed by atoms with van der Waals surface area (Å²) in [6.07, 6.45) is 1.39. The molecule has 15 heavy (non-hydrogen) atoms. The van der Waals surface area contributed by atoms with Crippen molar-refractivity contribution in [3.8, 4) is 0 Å². The Morgan fingerprint density at radius 2 is 2.27 bits per heavy atom. The standard InChI is InChI=1S/C8H13BrN4O2/c9-6-7(10)12-5-13-8(6)11-1-3-15-4-2-14/h5,14H,1-4H2,(H3,10,11,12,13). The van der Waals surface area contributed by atoms with E-state index in [1.807, 2.05) is 0 Å². The number of aliphatic hydroxyl groups is 1. The molecule has 0 aliphatic rings. The predicted molar refractivity (Wildman–Crippen MR) is 60.5 cm³/mol. The van der Waals surface area contributed by atoms with Crippen LogP contribution in [0.25, 0.3) is 0 Å². The minimum Gasteiger partial charge on any atom is -0.394 e. The zero-order chi connectivity index (χ0) is 11.1. The molecule has 0 radical (unpaired) electrons. The van der Waals surface area contributed by atoms with Gasteiger partial charge >= 0.3 is 0 Å². The number of rotatable bonds is 6. The van der Waals surface area contributed by atoms with E-state index in [0.717, 1.165) is 0 Å². The van der Waals surface area contributed by atoms with Crippen molar-refractivity contribution in [2.24, 2.45) is 0 Å². The number of nitrogens with two attached hydrogens (primary N) is 1. The Balaban J connectivity index is 2.34. The van der Waals surface area contributed by atoms with Crippen LogP contribution >= 0.6 is 15.9 Å². The van der Waals surface area contributed by atoms with Crippen LogP contribution in [0.2, 0.25) is 0 Å². The van der Waals surface area contributed by atoms with E-state index in [0.29, 0.717) is 35.9 Å². The first-order chi connectivity index (χ1) is 7.25. The normalized spacial score (nSPS) is 10.3. The van der Waals surface area contributed by atoms with Crippen molar-refractivity contribution in [3.05, 3.63) is 10.8 Å². The second-order valence-electron chi connectivity index (χ2n) is 2.68. The Labute approximate surface area is 96.0 Å². The summed E-state index contributed by atoms with van der Waals surface area (Å²) in [6, 6.07) is 0. The Morgan fingerprint density at radius 1 is 1.47 bits per heavy atom. The maximum atomic E-state index is 8.47. The van der Waals surface area contributed by atoms with Crippen LogP contribution in [-0.4, -0.2) is 41.4 Å². The molecule has 0 aromatic carbocycles. The minimum atomic E-state index is 0.0319. The molecule has 0 amide bonds. The highest BCUT2D eigenvalue weighted by molar-refractivity contribution is 9.10. The number of anilines is 2. The average molecular weight is 277 g/mol. The van der Waals surface area contributed by atoms with Crippen molar-refractivity contribution in [2.45, 2.75) is 0 Å². The van der Waals surface area contributed by atoms with Gasteiger partial charge in [0.05, 0.1) is 19.8 Å². The third-order valence-corrected chi connectivity index (χ3v) is 2.37. The smallest absolute Gasteiger partial charge is 0.146 e. The zero-order valence-corrected chi connectivity index (χ0v) is 9.70. The molecule has 0 atom stereocenters. The zero-order valence-electron chi connectivity index (χ0n) is 8.11. The molecule has 84 valence electrons. The first-order valence-corrected chi connectivity index (χ1v) is 5.23. The molecule has 6 nitrogen and oxygen atoms in total. The van der Waals surface area contributed by atoms with Gasteiger partial charge in [0, 0.05) is 6.54 Å². The topological polar surface area (TPSA) is 93.3 Å². The van der Waals surface area contributed by atoms with Crippen LogP contribution in [0.1, 0.15) is 0 Å². The van der Waals surface area contributed by atoms with Crippen LogP contribution in [0, 0.1) is 0 Å². The van der Waals surface area contributed by atoms with Crippen LogP contribution < -0.4 is 11.1 Å². The Kier molecular flexibility index (Phi) is 5.30. The van der Waals surface area contributed by atoms with Crippen molar-refractivity contribution in [3.63, 3.8) is 0 Å². The fourth-order valence-corrected chi connectivity index (χ4v) is 1.26. The van der Waals surface area contributed by atoms with Crippen molar-refractivity contribution >= 4 is 27.6 Å². The predicted octanol–water partition coefficient (Wildman–Crippen LogP) is 0.242. The van der Waals surface area contributed by atoms with Gasteiger partial charge in [0.2, 0.25) is 0 Å². The fourth-order valence-electron chi connectivity index (χ4n) is 0.915. The van der Waals surface area contributed by atoms with Gasteiger partial charge in [0.15, 0.2) is 0 Å². The second kappa shape index (κ2) is 6.54. The molecule has 7 heteroatoms. The summed E-state index contributed by atoms with van der Waals surface area (Å²) in [6.45, 7) is 1.46. The van der Waals surface area contributed by atoms with Crippen molar-refractivity contribution in [1.82, 2.24) is 9.97 Å². The lowest BCUT2D eigenvalue weighted by atomic mass is 10.5. The molecular formula is C8H13BrN4O2. The molecule has 0 bridgehead atoms. The number of nitrogens with zero attached hydrogens (tertiary/aromatic N) is 2. The van der Waals surface area contributed by atoms with E-state index >= 15 is 0 Å². The molecule has 1 heterocycles. The van der Waals surface area contributed by atoms with Crippen molar-refractivity contribution in [1.29, 1.82) is 0 Å². The molecule has 0 unspecified atom stereocenters. The van der Waals surface area contributed by atoms with Crippen molar-refractivity contribution < 1.29 is 9.84 Å². The Bertz CT molecular complexity index is 311. The molecular weight excluding hydrogens is 264 g/mol. The van der Waals surface area contributed by atoms with Gasteiger partial charge in [-0.1, -0.05) is 0 Å². The molecule has 0 saturated heterocycles. The van der Waals surface area contributed by atoms with Gasteiger partial charge in [-0.2, -0.15) is 0 Å². The Morgan fingerprint density at radius 3 is 3.00 bits per heavy atom. The van der Waals surface area contributed by atoms with Gasteiger partial charge in [-0.15, -0.1) is 0 Å². The monoisotopic (exact) mass is 276 g/mol. The SMILES string of the molecule is Nc1ncnc(NCCOCCO)c1Br. The van der Waals surface area contributed by atoms with Gasteiger partial charge in [-0.05, 0) is 15.9 Å². The third-order valence-electron chi connectivity index (χ3n) is 1.59. The number of nitrogen functional groups attached to an aromatic ring is 1. The summed E-state index contributed by atoms with van der Waals surface area (Å²) in [5.41, 5.74) is 5.57. The number of aliphatic hydroxyl groups excluding tert-OH is 1. The lowest BCUT2D eigenvalue weighted by molar-refractivity contribution is 0.0992. The number of ether oxygens (including phenoxy) is 1. The van der Waals surface area contributed by atoms with E-state index < -0.39 is 0 Å². The van der Waals surface area contributed by atoms with Gasteiger partial charge in [0.1, 0.15) is 22.4 Å². The molecule has 1 aromatic rings. The maximum Gasteiger partial charge on any atom is 0.146 e. The first-order valence-electron chi connectivity index (χ1n) is 4.44. The molecule has 1 rings (SSSR count). The Hall–Kier alpha value is -0.920. The summed E-state index contributed by atoms with van der Waals surface area (Å²) in [7, 11) is 0. The molecule has 0 aliphatic carbocycles. The van der Waals surface area contributed by atoms with E-state index in [4.69, 9.17) is 15.6 Å². The van der Waals surface area contributed by atoms with E-state index in [-0.39, 0.29) is 6.61 Å². The summed E-state index contributed by atoms with van der Waals surface area (Å²) >= 11 is 3.27. The molecule has 1 aromatic heterocycles. The van der Waals surface area contributed by atoms with Crippen LogP contribution in [-0.2, 0) is 4.74 Å². The van der Waals surface area contributed by atoms with Crippen LogP contribution in [0.4, 0.5) is 11.6 Å². The quantitative estimate of drug-likeness (QED) is 0.645. The highest BCUT2D eigenvalue weighted by Crippen LogP contribution is 2.23. The number of hydrogen-bond donors (Lipinski definition) is 3. The van der Waals surface area contributed by atoms with E-state index in [1.54, 1.807) is 0 Å². The highest BCUT2D eigenvalue weighted by Gasteiger charge is 2.04. The van der Waals surface area contributed by atoms with E-state index in [1.165, 1.54) is 6.33 Å². The third kappa shape index (κ3) is 3.98. The van der Waals surface area contributed by atoms with E-state index in [9.17, 15) is 0 Å². The van der Waals surface area contributed by atoms with Gasteiger partial charge in [-0.25, -0.2) is 9.97 Å². The average Bonchev–Trinajstić information content (AvgIpc) is 2.24. The summed E-state index contributed by atoms with van der Waals surface area (Å²) < 4.78 is 5.72. The molecule has 0 aliphatic heterocycles. The van der Waals surface area contributed by atoms with Crippen molar-refractivity contribution in [2.75, 3.05) is 37.4 Å². The number of halogens is 1. The lowest BCUT2D eigenvalue weighted by Gasteiger charge is -2.08. The van der Waals surface area contributed by atoms with E-state index in [2.05, 4.69) is 31.2 Å². The molecule has 0 saturated carbocycles. The fraction of sp³-hybridized carbons (Fsp3) is 0.500. The maximum absolute atomic E-state index is 8.47. The van der Waals surface area contributed by atoms with Gasteiger partial charge in [-0.3, -0.25) is 0 Å².